The Hall–Kier alpha value is -3.69. The summed E-state index contributed by atoms with van der Waals surface area (Å²) in [6, 6.07) is 9.41. The molecule has 2 atom stereocenters. The molecule has 1 aliphatic heterocycles. The lowest BCUT2D eigenvalue weighted by molar-refractivity contribution is -0.128. The molecule has 0 spiro atoms. The Balaban J connectivity index is 1.71. The van der Waals surface area contributed by atoms with Crippen molar-refractivity contribution in [1.29, 1.82) is 0 Å². The summed E-state index contributed by atoms with van der Waals surface area (Å²) >= 11 is 0. The lowest BCUT2D eigenvalue weighted by atomic mass is 9.90. The number of hydrogen-bond donors (Lipinski definition) is 3. The highest BCUT2D eigenvalue weighted by molar-refractivity contribution is 6.07. The fourth-order valence-electron chi connectivity index (χ4n) is 4.27. The van der Waals surface area contributed by atoms with E-state index in [9.17, 15) is 31.9 Å². The van der Waals surface area contributed by atoms with E-state index < -0.39 is 53.7 Å². The monoisotopic (exact) mass is 489 g/mol. The first-order valence-corrected chi connectivity index (χ1v) is 11.1. The molecule has 0 bridgehead atoms. The second-order valence-electron chi connectivity index (χ2n) is 8.76. The number of benzene rings is 2. The van der Waals surface area contributed by atoms with Crippen molar-refractivity contribution in [1.82, 2.24) is 5.32 Å². The van der Waals surface area contributed by atoms with E-state index in [4.69, 9.17) is 5.73 Å². The number of halogens is 4. The van der Waals surface area contributed by atoms with Crippen LogP contribution < -0.4 is 16.4 Å². The molecule has 1 fully saturated rings. The van der Waals surface area contributed by atoms with Gasteiger partial charge in [-0.25, -0.2) is 4.39 Å². The first kappa shape index (κ1) is 24.4. The Kier molecular flexibility index (Phi) is 6.64. The Morgan fingerprint density at radius 2 is 1.80 bits per heavy atom. The van der Waals surface area contributed by atoms with E-state index in [0.29, 0.717) is 22.8 Å². The van der Waals surface area contributed by atoms with Crippen LogP contribution in [0.4, 0.5) is 23.2 Å². The number of hydrogen-bond acceptors (Lipinski definition) is 3. The Bertz CT molecular complexity index is 1200. The van der Waals surface area contributed by atoms with Crippen LogP contribution >= 0.6 is 0 Å². The van der Waals surface area contributed by atoms with Gasteiger partial charge in [0.1, 0.15) is 11.9 Å². The van der Waals surface area contributed by atoms with Gasteiger partial charge < -0.3 is 16.4 Å². The predicted molar refractivity (Wildman–Crippen MR) is 120 cm³/mol. The highest BCUT2D eigenvalue weighted by Gasteiger charge is 2.37. The lowest BCUT2D eigenvalue weighted by Gasteiger charge is -2.22. The summed E-state index contributed by atoms with van der Waals surface area (Å²) in [4.78, 5) is 38.5. The summed E-state index contributed by atoms with van der Waals surface area (Å²) in [7, 11) is 0. The van der Waals surface area contributed by atoms with E-state index in [1.807, 2.05) is 0 Å². The molecular formula is C25H23F4N3O3. The number of para-hydroxylation sites is 1. The van der Waals surface area contributed by atoms with Crippen molar-refractivity contribution < 1.29 is 31.9 Å². The van der Waals surface area contributed by atoms with Gasteiger partial charge in [0, 0.05) is 11.1 Å². The molecule has 3 amide bonds. The zero-order chi connectivity index (χ0) is 25.3. The van der Waals surface area contributed by atoms with Crippen molar-refractivity contribution in [2.75, 3.05) is 5.32 Å². The second-order valence-corrected chi connectivity index (χ2v) is 8.76. The highest BCUT2D eigenvalue weighted by Crippen LogP contribution is 2.40. The summed E-state index contributed by atoms with van der Waals surface area (Å²) in [6.07, 6.45) is -3.66. The molecule has 184 valence electrons. The first-order valence-electron chi connectivity index (χ1n) is 11.1. The minimum Gasteiger partial charge on any atom is -0.369 e. The maximum Gasteiger partial charge on any atom is 0.392 e. The molecule has 0 unspecified atom stereocenters. The molecule has 0 radical (unpaired) electrons. The van der Waals surface area contributed by atoms with E-state index in [-0.39, 0.29) is 18.0 Å². The largest absolute Gasteiger partial charge is 0.392 e. The number of amides is 3. The molecule has 1 heterocycles. The maximum absolute atomic E-state index is 14.5. The van der Waals surface area contributed by atoms with Crippen LogP contribution in [0.2, 0.25) is 0 Å². The van der Waals surface area contributed by atoms with Crippen LogP contribution in [0, 0.1) is 17.7 Å². The second kappa shape index (κ2) is 9.52. The van der Waals surface area contributed by atoms with Gasteiger partial charge in [-0.1, -0.05) is 55.3 Å². The van der Waals surface area contributed by atoms with Gasteiger partial charge in [-0.05, 0) is 29.5 Å². The van der Waals surface area contributed by atoms with Gasteiger partial charge in [0.25, 0.3) is 5.91 Å². The minimum absolute atomic E-state index is 0.0710. The summed E-state index contributed by atoms with van der Waals surface area (Å²) < 4.78 is 53.5. The van der Waals surface area contributed by atoms with Crippen molar-refractivity contribution in [2.45, 2.75) is 37.9 Å². The van der Waals surface area contributed by atoms with Gasteiger partial charge in [0.05, 0.1) is 18.0 Å². The van der Waals surface area contributed by atoms with Gasteiger partial charge in [-0.3, -0.25) is 14.4 Å². The van der Waals surface area contributed by atoms with E-state index >= 15 is 0 Å². The number of allylic oxidation sites excluding steroid dienone is 1. The van der Waals surface area contributed by atoms with Gasteiger partial charge in [-0.2, -0.15) is 13.2 Å². The molecule has 4 N–H and O–H groups in total. The fourth-order valence-corrected chi connectivity index (χ4v) is 4.27. The zero-order valence-corrected chi connectivity index (χ0v) is 18.5. The number of rotatable bonds is 7. The fraction of sp³-hybridized carbons (Fsp3) is 0.320. The third kappa shape index (κ3) is 5.52. The molecule has 0 saturated heterocycles. The smallest absolute Gasteiger partial charge is 0.369 e. The number of nitrogens with two attached hydrogens (primary N) is 1. The highest BCUT2D eigenvalue weighted by atomic mass is 19.4. The van der Waals surface area contributed by atoms with Crippen LogP contribution in [-0.4, -0.2) is 23.9 Å². The van der Waals surface area contributed by atoms with Gasteiger partial charge in [0.15, 0.2) is 0 Å². The van der Waals surface area contributed by atoms with E-state index in [0.717, 1.165) is 12.8 Å². The quantitative estimate of drug-likeness (QED) is 0.397. The predicted octanol–water partition coefficient (Wildman–Crippen LogP) is 4.38. The topological polar surface area (TPSA) is 101 Å². The van der Waals surface area contributed by atoms with Crippen molar-refractivity contribution in [2.24, 2.45) is 17.6 Å². The van der Waals surface area contributed by atoms with E-state index in [1.165, 1.54) is 12.1 Å². The van der Waals surface area contributed by atoms with E-state index in [2.05, 4.69) is 10.6 Å². The third-order valence-electron chi connectivity index (χ3n) is 6.16. The normalized spacial score (nSPS) is 18.6. The summed E-state index contributed by atoms with van der Waals surface area (Å²) in [5, 5.41) is 4.93. The molecule has 4 rings (SSSR count). The number of anilines is 1. The number of nitrogens with one attached hydrogen (secondary N) is 2. The summed E-state index contributed by atoms with van der Waals surface area (Å²) in [6.45, 7) is 0. The number of carbonyl (C=O) groups excluding carboxylic acids is 3. The molecule has 2 aliphatic rings. The van der Waals surface area contributed by atoms with Crippen molar-refractivity contribution >= 4 is 23.4 Å². The number of primary amides is 1. The molecule has 1 saturated carbocycles. The van der Waals surface area contributed by atoms with Crippen molar-refractivity contribution in [3.05, 3.63) is 65.5 Å². The molecule has 0 aromatic heterocycles. The molecular weight excluding hydrogens is 466 g/mol. The van der Waals surface area contributed by atoms with Crippen molar-refractivity contribution in [3.8, 4) is 11.1 Å². The van der Waals surface area contributed by atoms with Crippen molar-refractivity contribution in [3.63, 3.8) is 0 Å². The summed E-state index contributed by atoms with van der Waals surface area (Å²) in [5.74, 6) is -4.53. The summed E-state index contributed by atoms with van der Waals surface area (Å²) in [5.41, 5.74) is 6.15. The van der Waals surface area contributed by atoms with Crippen LogP contribution in [0.15, 0.2) is 54.1 Å². The van der Waals surface area contributed by atoms with Crippen LogP contribution in [-0.2, 0) is 14.4 Å². The molecule has 6 nitrogen and oxygen atoms in total. The zero-order valence-electron chi connectivity index (χ0n) is 18.5. The van der Waals surface area contributed by atoms with Gasteiger partial charge in [0.2, 0.25) is 11.8 Å². The number of fused-ring (bicyclic) bond motifs is 3. The maximum atomic E-state index is 14.5. The van der Waals surface area contributed by atoms with Crippen LogP contribution in [0.3, 0.4) is 0 Å². The molecule has 10 heteroatoms. The average Bonchev–Trinajstić information content (AvgIpc) is 3.62. The van der Waals surface area contributed by atoms with Crippen LogP contribution in [0.25, 0.3) is 11.1 Å². The van der Waals surface area contributed by atoms with E-state index in [1.54, 1.807) is 30.3 Å². The minimum atomic E-state index is -4.61. The average molecular weight is 489 g/mol. The lowest BCUT2D eigenvalue weighted by Crippen LogP contribution is -2.40. The standard InChI is InChI=1S/C25H23F4N3O3/c26-19-7-3-6-15-14-4-1-2-5-16(14)21(24(35)31-20(15)19)32-23(34)17(10-11-25(27,28)29)18(22(30)33)12-13-8-9-13/h1-7,10,13,18,21H,8-9,11-12H2,(H2,30,33)(H,31,35)(H,32,34)/b17-10-/t18-,21-/m0/s1. The van der Waals surface area contributed by atoms with Gasteiger partial charge in [-0.15, -0.1) is 0 Å². The molecule has 35 heavy (non-hydrogen) atoms. The van der Waals surface area contributed by atoms with Gasteiger partial charge >= 0.3 is 6.18 Å². The number of carbonyl (C=O) groups is 3. The SMILES string of the molecule is NC(=O)[C@@H](CC1CC1)/C(=C/CC(F)(F)F)C(=O)N[C@@H]1C(=O)Nc2c(F)cccc2-c2ccccc21. The molecule has 2 aromatic rings. The van der Waals surface area contributed by atoms with Crippen LogP contribution in [0.5, 0.6) is 0 Å². The number of alkyl halides is 3. The molecule has 1 aliphatic carbocycles. The van der Waals surface area contributed by atoms with Crippen LogP contribution in [0.1, 0.15) is 37.3 Å². The third-order valence-corrected chi connectivity index (χ3v) is 6.16. The Morgan fingerprint density at radius 1 is 1.11 bits per heavy atom. The first-order chi connectivity index (χ1) is 16.5. The Labute approximate surface area is 198 Å². The Morgan fingerprint density at radius 3 is 2.46 bits per heavy atom. The molecule has 2 aromatic carbocycles.